The predicted molar refractivity (Wildman–Crippen MR) is 82.0 cm³/mol. The summed E-state index contributed by atoms with van der Waals surface area (Å²) in [4.78, 5) is 13.8. The van der Waals surface area contributed by atoms with Gasteiger partial charge in [-0.25, -0.2) is 9.97 Å². The number of piperidine rings is 1. The molecular formula is C16H26N4. The Hall–Kier alpha value is -1.16. The second-order valence-corrected chi connectivity index (χ2v) is 6.50. The van der Waals surface area contributed by atoms with Crippen LogP contribution in [0, 0.1) is 12.8 Å². The Morgan fingerprint density at radius 3 is 2.40 bits per heavy atom. The van der Waals surface area contributed by atoms with Gasteiger partial charge in [0.1, 0.15) is 0 Å². The van der Waals surface area contributed by atoms with Crippen LogP contribution in [0.15, 0.2) is 12.4 Å². The normalized spacial score (nSPS) is 25.3. The van der Waals surface area contributed by atoms with Gasteiger partial charge in [-0.05, 0) is 64.1 Å². The zero-order valence-electron chi connectivity index (χ0n) is 12.8. The quantitative estimate of drug-likeness (QED) is 0.847. The van der Waals surface area contributed by atoms with E-state index in [1.54, 1.807) is 0 Å². The largest absolute Gasteiger partial charge is 0.341 e. The molecule has 1 aromatic heterocycles. The van der Waals surface area contributed by atoms with E-state index in [9.17, 15) is 0 Å². The van der Waals surface area contributed by atoms with E-state index >= 15 is 0 Å². The van der Waals surface area contributed by atoms with Crippen LogP contribution in [-0.2, 0) is 0 Å². The number of hydrogen-bond acceptors (Lipinski definition) is 4. The van der Waals surface area contributed by atoms with Gasteiger partial charge < -0.3 is 9.80 Å². The highest BCUT2D eigenvalue weighted by atomic mass is 15.2. The molecule has 0 bridgehead atoms. The summed E-state index contributed by atoms with van der Waals surface area (Å²) >= 11 is 0. The van der Waals surface area contributed by atoms with E-state index in [0.717, 1.165) is 36.6 Å². The SMILES string of the molecule is Cc1cnc(N2CCC(CC3CCCN3C)CC2)nc1. The number of aryl methyl sites for hydroxylation is 1. The molecule has 0 saturated carbocycles. The van der Waals surface area contributed by atoms with E-state index in [4.69, 9.17) is 0 Å². The van der Waals surface area contributed by atoms with Gasteiger partial charge in [0.2, 0.25) is 5.95 Å². The van der Waals surface area contributed by atoms with Crippen molar-refractivity contribution in [3.8, 4) is 0 Å². The summed E-state index contributed by atoms with van der Waals surface area (Å²) in [5.41, 5.74) is 1.13. The maximum absolute atomic E-state index is 4.45. The molecular weight excluding hydrogens is 248 g/mol. The number of hydrogen-bond donors (Lipinski definition) is 0. The van der Waals surface area contributed by atoms with Gasteiger partial charge in [0.25, 0.3) is 0 Å². The zero-order valence-corrected chi connectivity index (χ0v) is 12.8. The fraction of sp³-hybridized carbons (Fsp3) is 0.750. The monoisotopic (exact) mass is 274 g/mol. The molecule has 0 spiro atoms. The summed E-state index contributed by atoms with van der Waals surface area (Å²) in [7, 11) is 2.28. The van der Waals surface area contributed by atoms with Gasteiger partial charge >= 0.3 is 0 Å². The van der Waals surface area contributed by atoms with Crippen LogP contribution in [-0.4, -0.2) is 47.6 Å². The Morgan fingerprint density at radius 1 is 1.10 bits per heavy atom. The molecule has 2 saturated heterocycles. The number of anilines is 1. The van der Waals surface area contributed by atoms with Crippen molar-refractivity contribution in [3.05, 3.63) is 18.0 Å². The summed E-state index contributed by atoms with van der Waals surface area (Å²) in [6.07, 6.45) is 10.6. The molecule has 0 amide bonds. The van der Waals surface area contributed by atoms with Crippen molar-refractivity contribution in [2.45, 2.75) is 45.1 Å². The summed E-state index contributed by atoms with van der Waals surface area (Å²) in [5.74, 6) is 1.80. The summed E-state index contributed by atoms with van der Waals surface area (Å²) < 4.78 is 0. The van der Waals surface area contributed by atoms with E-state index in [1.165, 1.54) is 38.6 Å². The highest BCUT2D eigenvalue weighted by Crippen LogP contribution is 2.28. The van der Waals surface area contributed by atoms with Crippen molar-refractivity contribution in [2.24, 2.45) is 5.92 Å². The fourth-order valence-corrected chi connectivity index (χ4v) is 3.58. The topological polar surface area (TPSA) is 32.3 Å². The molecule has 2 aliphatic heterocycles. The average Bonchev–Trinajstić information content (AvgIpc) is 2.86. The maximum atomic E-state index is 4.45. The molecule has 4 heteroatoms. The molecule has 0 aliphatic carbocycles. The van der Waals surface area contributed by atoms with E-state index in [0.29, 0.717) is 0 Å². The van der Waals surface area contributed by atoms with Gasteiger partial charge in [-0.3, -0.25) is 0 Å². The molecule has 20 heavy (non-hydrogen) atoms. The lowest BCUT2D eigenvalue weighted by molar-refractivity contribution is 0.240. The van der Waals surface area contributed by atoms with Crippen LogP contribution in [0.4, 0.5) is 5.95 Å². The van der Waals surface area contributed by atoms with Crippen molar-refractivity contribution in [2.75, 3.05) is 31.6 Å². The standard InChI is InChI=1S/C16H26N4/c1-13-11-17-16(18-12-13)20-8-5-14(6-9-20)10-15-4-3-7-19(15)2/h11-12,14-15H,3-10H2,1-2H3. The van der Waals surface area contributed by atoms with Crippen molar-refractivity contribution in [1.29, 1.82) is 0 Å². The van der Waals surface area contributed by atoms with E-state index in [-0.39, 0.29) is 0 Å². The second-order valence-electron chi connectivity index (χ2n) is 6.50. The van der Waals surface area contributed by atoms with Crippen molar-refractivity contribution < 1.29 is 0 Å². The molecule has 1 atom stereocenters. The van der Waals surface area contributed by atoms with Crippen LogP contribution in [0.2, 0.25) is 0 Å². The number of rotatable bonds is 3. The van der Waals surface area contributed by atoms with Crippen molar-refractivity contribution in [3.63, 3.8) is 0 Å². The molecule has 0 radical (unpaired) electrons. The average molecular weight is 274 g/mol. The number of likely N-dealkylation sites (tertiary alicyclic amines) is 1. The predicted octanol–water partition coefficient (Wildman–Crippen LogP) is 2.49. The first-order chi connectivity index (χ1) is 9.72. The molecule has 0 N–H and O–H groups in total. The third kappa shape index (κ3) is 3.11. The number of aromatic nitrogens is 2. The fourth-order valence-electron chi connectivity index (χ4n) is 3.58. The Kier molecular flexibility index (Phi) is 4.20. The lowest BCUT2D eigenvalue weighted by atomic mass is 9.89. The minimum atomic E-state index is 0.835. The lowest BCUT2D eigenvalue weighted by Crippen LogP contribution is -2.37. The van der Waals surface area contributed by atoms with Crippen LogP contribution in [0.1, 0.15) is 37.7 Å². The summed E-state index contributed by atoms with van der Waals surface area (Å²) in [5, 5.41) is 0. The minimum absolute atomic E-state index is 0.835. The third-order valence-electron chi connectivity index (χ3n) is 4.94. The van der Waals surface area contributed by atoms with Gasteiger partial charge in [-0.15, -0.1) is 0 Å². The van der Waals surface area contributed by atoms with E-state index in [2.05, 4.69) is 26.8 Å². The first kappa shape index (κ1) is 13.8. The summed E-state index contributed by atoms with van der Waals surface area (Å²) in [6.45, 7) is 5.56. The Bertz CT molecular complexity index is 423. The van der Waals surface area contributed by atoms with Crippen LogP contribution < -0.4 is 4.90 Å². The van der Waals surface area contributed by atoms with Gasteiger partial charge in [-0.2, -0.15) is 0 Å². The maximum Gasteiger partial charge on any atom is 0.225 e. The molecule has 3 rings (SSSR count). The lowest BCUT2D eigenvalue weighted by Gasteiger charge is -2.34. The van der Waals surface area contributed by atoms with Gasteiger partial charge in [0.15, 0.2) is 0 Å². The molecule has 110 valence electrons. The molecule has 0 aromatic carbocycles. The molecule has 1 aromatic rings. The van der Waals surface area contributed by atoms with Crippen LogP contribution in [0.5, 0.6) is 0 Å². The molecule has 3 heterocycles. The first-order valence-corrected chi connectivity index (χ1v) is 7.96. The molecule has 2 aliphatic rings. The molecule has 4 nitrogen and oxygen atoms in total. The highest BCUT2D eigenvalue weighted by Gasteiger charge is 2.27. The number of nitrogens with zero attached hydrogens (tertiary/aromatic N) is 4. The Labute approximate surface area is 122 Å². The van der Waals surface area contributed by atoms with Crippen LogP contribution in [0.3, 0.4) is 0 Å². The van der Waals surface area contributed by atoms with Gasteiger partial charge in [0.05, 0.1) is 0 Å². The first-order valence-electron chi connectivity index (χ1n) is 7.96. The second kappa shape index (κ2) is 6.08. The van der Waals surface area contributed by atoms with Gasteiger partial charge in [0, 0.05) is 31.5 Å². The van der Waals surface area contributed by atoms with Crippen LogP contribution >= 0.6 is 0 Å². The van der Waals surface area contributed by atoms with Crippen molar-refractivity contribution in [1.82, 2.24) is 14.9 Å². The van der Waals surface area contributed by atoms with Crippen molar-refractivity contribution >= 4 is 5.95 Å². The Balaban J connectivity index is 1.50. The Morgan fingerprint density at radius 2 is 1.80 bits per heavy atom. The highest BCUT2D eigenvalue weighted by molar-refractivity contribution is 5.30. The third-order valence-corrected chi connectivity index (χ3v) is 4.94. The summed E-state index contributed by atoms with van der Waals surface area (Å²) in [6, 6.07) is 0.835. The minimum Gasteiger partial charge on any atom is -0.341 e. The zero-order chi connectivity index (χ0) is 13.9. The van der Waals surface area contributed by atoms with E-state index < -0.39 is 0 Å². The van der Waals surface area contributed by atoms with Crippen LogP contribution in [0.25, 0.3) is 0 Å². The molecule has 2 fully saturated rings. The van der Waals surface area contributed by atoms with E-state index in [1.807, 2.05) is 19.3 Å². The molecule has 1 unspecified atom stereocenters. The van der Waals surface area contributed by atoms with Gasteiger partial charge in [-0.1, -0.05) is 0 Å². The smallest absolute Gasteiger partial charge is 0.225 e.